The summed E-state index contributed by atoms with van der Waals surface area (Å²) in [4.78, 5) is 10.1. The Labute approximate surface area is 55.4 Å². The first kappa shape index (κ1) is 8.59. The summed E-state index contributed by atoms with van der Waals surface area (Å²) >= 11 is 0. The van der Waals surface area contributed by atoms with Gasteiger partial charge in [-0.25, -0.2) is 0 Å². The molecule has 0 heterocycles. The summed E-state index contributed by atoms with van der Waals surface area (Å²) in [5.41, 5.74) is 0. The molecule has 54 valence electrons. The van der Waals surface area contributed by atoms with E-state index in [1.54, 1.807) is 7.05 Å². The van der Waals surface area contributed by atoms with Gasteiger partial charge in [0.25, 0.3) is 0 Å². The van der Waals surface area contributed by atoms with Gasteiger partial charge in [-0.1, -0.05) is 0 Å². The van der Waals surface area contributed by atoms with Crippen LogP contribution in [0.2, 0.25) is 0 Å². The molecule has 0 bridgehead atoms. The fraction of sp³-hybridized carbons (Fsp3) is 0.833. The lowest BCUT2D eigenvalue weighted by molar-refractivity contribution is -0.110. The first-order valence-corrected chi connectivity index (χ1v) is 3.05. The molecule has 0 saturated carbocycles. The van der Waals surface area contributed by atoms with Crippen molar-refractivity contribution in [3.8, 4) is 0 Å². The topological polar surface area (TPSA) is 38.3 Å². The van der Waals surface area contributed by atoms with Gasteiger partial charge in [0, 0.05) is 6.61 Å². The highest BCUT2D eigenvalue weighted by Gasteiger charge is 2.00. The average molecular weight is 131 g/mol. The minimum absolute atomic E-state index is 0.148. The fourth-order valence-corrected chi connectivity index (χ4v) is 0.435. The van der Waals surface area contributed by atoms with Gasteiger partial charge in [0.2, 0.25) is 0 Å². The minimum atomic E-state index is -0.148. The van der Waals surface area contributed by atoms with Crippen molar-refractivity contribution in [1.82, 2.24) is 5.32 Å². The zero-order valence-electron chi connectivity index (χ0n) is 5.89. The number of hydrogen-bond donors (Lipinski definition) is 1. The fourth-order valence-electron chi connectivity index (χ4n) is 0.435. The van der Waals surface area contributed by atoms with Crippen molar-refractivity contribution in [1.29, 1.82) is 0 Å². The molecular weight excluding hydrogens is 118 g/mol. The van der Waals surface area contributed by atoms with Crippen LogP contribution in [0.25, 0.3) is 0 Å². The lowest BCUT2D eigenvalue weighted by atomic mass is 10.4. The van der Waals surface area contributed by atoms with Crippen LogP contribution in [0.5, 0.6) is 0 Å². The van der Waals surface area contributed by atoms with Crippen LogP contribution in [0.4, 0.5) is 0 Å². The van der Waals surface area contributed by atoms with Crippen molar-refractivity contribution in [3.05, 3.63) is 0 Å². The number of aldehydes is 1. The Kier molecular flexibility index (Phi) is 5.46. The molecule has 1 atom stereocenters. The minimum Gasteiger partial charge on any atom is -0.380 e. The van der Waals surface area contributed by atoms with Crippen molar-refractivity contribution < 1.29 is 9.53 Å². The molecule has 3 heteroatoms. The molecule has 9 heavy (non-hydrogen) atoms. The van der Waals surface area contributed by atoms with E-state index in [-0.39, 0.29) is 6.04 Å². The molecule has 0 amide bonds. The number of rotatable bonds is 5. The van der Waals surface area contributed by atoms with Crippen molar-refractivity contribution in [2.75, 3.05) is 20.3 Å². The number of carbonyl (C=O) groups excluding carboxylic acids is 1. The van der Waals surface area contributed by atoms with Gasteiger partial charge < -0.3 is 14.8 Å². The second kappa shape index (κ2) is 5.72. The summed E-state index contributed by atoms with van der Waals surface area (Å²) in [5, 5.41) is 2.79. The Morgan fingerprint density at radius 2 is 2.44 bits per heavy atom. The van der Waals surface area contributed by atoms with E-state index in [4.69, 9.17) is 4.74 Å². The van der Waals surface area contributed by atoms with Gasteiger partial charge in [0.15, 0.2) is 0 Å². The second-order valence-electron chi connectivity index (χ2n) is 1.69. The largest absolute Gasteiger partial charge is 0.380 e. The van der Waals surface area contributed by atoms with E-state index in [9.17, 15) is 4.79 Å². The van der Waals surface area contributed by atoms with Gasteiger partial charge in [-0.05, 0) is 14.0 Å². The predicted molar refractivity (Wildman–Crippen MR) is 35.4 cm³/mol. The molecule has 0 spiro atoms. The van der Waals surface area contributed by atoms with E-state index >= 15 is 0 Å². The molecule has 0 rings (SSSR count). The lowest BCUT2D eigenvalue weighted by Crippen LogP contribution is -2.31. The van der Waals surface area contributed by atoms with Crippen LogP contribution in [-0.2, 0) is 9.53 Å². The number of carbonyl (C=O) groups is 1. The summed E-state index contributed by atoms with van der Waals surface area (Å²) in [6.45, 7) is 3.03. The number of nitrogens with one attached hydrogen (secondary N) is 1. The quantitative estimate of drug-likeness (QED) is 0.525. The van der Waals surface area contributed by atoms with Crippen LogP contribution in [0.15, 0.2) is 0 Å². The molecule has 0 aliphatic heterocycles. The molecule has 0 aliphatic rings. The summed E-state index contributed by atoms with van der Waals surface area (Å²) in [7, 11) is 1.73. The van der Waals surface area contributed by atoms with Crippen LogP contribution in [0, 0.1) is 0 Å². The first-order chi connectivity index (χ1) is 4.35. The second-order valence-corrected chi connectivity index (χ2v) is 1.69. The molecule has 0 saturated heterocycles. The maximum Gasteiger partial charge on any atom is 0.139 e. The molecule has 1 unspecified atom stereocenters. The zero-order chi connectivity index (χ0) is 7.11. The van der Waals surface area contributed by atoms with E-state index in [1.165, 1.54) is 0 Å². The van der Waals surface area contributed by atoms with E-state index in [2.05, 4.69) is 5.32 Å². The van der Waals surface area contributed by atoms with E-state index in [1.807, 2.05) is 6.92 Å². The van der Waals surface area contributed by atoms with E-state index in [0.717, 1.165) is 6.29 Å². The van der Waals surface area contributed by atoms with Crippen LogP contribution in [-0.4, -0.2) is 32.6 Å². The Morgan fingerprint density at radius 1 is 1.78 bits per heavy atom. The number of likely N-dealkylation sites (N-methyl/N-ethyl adjacent to an activating group) is 1. The summed E-state index contributed by atoms with van der Waals surface area (Å²) in [5.74, 6) is 0. The predicted octanol–water partition coefficient (Wildman–Crippen LogP) is -0.190. The highest BCUT2D eigenvalue weighted by molar-refractivity contribution is 5.57. The molecule has 1 N–H and O–H groups in total. The van der Waals surface area contributed by atoms with Gasteiger partial charge in [-0.3, -0.25) is 0 Å². The molecule has 0 fully saturated rings. The van der Waals surface area contributed by atoms with E-state index < -0.39 is 0 Å². The smallest absolute Gasteiger partial charge is 0.139 e. The molecule has 3 nitrogen and oxygen atoms in total. The molecule has 0 aliphatic carbocycles. The summed E-state index contributed by atoms with van der Waals surface area (Å²) < 4.78 is 4.98. The maximum atomic E-state index is 10.1. The Balaban J connectivity index is 3.20. The molecular formula is C6H13NO2. The van der Waals surface area contributed by atoms with Crippen LogP contribution < -0.4 is 5.32 Å². The van der Waals surface area contributed by atoms with Gasteiger partial charge >= 0.3 is 0 Å². The third kappa shape index (κ3) is 4.12. The lowest BCUT2D eigenvalue weighted by Gasteiger charge is -2.06. The van der Waals surface area contributed by atoms with E-state index in [0.29, 0.717) is 13.2 Å². The standard InChI is InChI=1S/C6H13NO2/c1-3-9-5-6(4-8)7-2/h4,6-7H,3,5H2,1-2H3. The first-order valence-electron chi connectivity index (χ1n) is 3.05. The van der Waals surface area contributed by atoms with Crippen molar-refractivity contribution in [3.63, 3.8) is 0 Å². The molecule has 0 aromatic carbocycles. The maximum absolute atomic E-state index is 10.1. The van der Waals surface area contributed by atoms with Crippen molar-refractivity contribution in [2.45, 2.75) is 13.0 Å². The highest BCUT2D eigenvalue weighted by Crippen LogP contribution is 1.78. The third-order valence-electron chi connectivity index (χ3n) is 1.04. The monoisotopic (exact) mass is 131 g/mol. The van der Waals surface area contributed by atoms with Crippen molar-refractivity contribution in [2.24, 2.45) is 0 Å². The Hall–Kier alpha value is -0.410. The number of ether oxygens (including phenoxy) is 1. The van der Waals surface area contributed by atoms with Crippen LogP contribution in [0.3, 0.4) is 0 Å². The average Bonchev–Trinajstić information content (AvgIpc) is 1.91. The van der Waals surface area contributed by atoms with Crippen LogP contribution in [0.1, 0.15) is 6.92 Å². The summed E-state index contributed by atoms with van der Waals surface area (Å²) in [6.07, 6.45) is 0.843. The molecule has 0 radical (unpaired) electrons. The number of hydrogen-bond acceptors (Lipinski definition) is 3. The summed E-state index contributed by atoms with van der Waals surface area (Å²) in [6, 6.07) is -0.148. The third-order valence-corrected chi connectivity index (χ3v) is 1.04. The van der Waals surface area contributed by atoms with Crippen molar-refractivity contribution >= 4 is 6.29 Å². The SMILES string of the molecule is CCOCC(C=O)NC. The van der Waals surface area contributed by atoms with Gasteiger partial charge in [0.1, 0.15) is 6.29 Å². The Bertz CT molecular complexity index is 75.5. The van der Waals surface area contributed by atoms with Gasteiger partial charge in [-0.2, -0.15) is 0 Å². The normalized spacial score (nSPS) is 13.1. The molecule has 0 aromatic heterocycles. The van der Waals surface area contributed by atoms with Crippen LogP contribution >= 0.6 is 0 Å². The highest BCUT2D eigenvalue weighted by atomic mass is 16.5. The molecule has 0 aromatic rings. The van der Waals surface area contributed by atoms with Gasteiger partial charge in [-0.15, -0.1) is 0 Å². The zero-order valence-corrected chi connectivity index (χ0v) is 5.89. The Morgan fingerprint density at radius 3 is 2.78 bits per heavy atom. The van der Waals surface area contributed by atoms with Gasteiger partial charge in [0.05, 0.1) is 12.6 Å².